The molecule has 0 amide bonds. The number of pyridine rings is 1. The minimum absolute atomic E-state index is 0.0526. The number of benzene rings is 1. The van der Waals surface area contributed by atoms with Crippen molar-refractivity contribution < 1.29 is 19.2 Å². The molecule has 1 N–H and O–H groups in total. The molecule has 1 heterocycles. The number of hydrogen-bond donors (Lipinski definition) is 1. The molecule has 1 aromatic heterocycles. The summed E-state index contributed by atoms with van der Waals surface area (Å²) in [5.74, 6) is 0.0875. The number of rotatable bonds is 7. The quantitative estimate of drug-likeness (QED) is 0.357. The Labute approximate surface area is 137 Å². The largest absolute Gasteiger partial charge is 0.482 e. The number of hydrogen-bond acceptors (Lipinski definition) is 8. The van der Waals surface area contributed by atoms with E-state index in [-0.39, 0.29) is 18.1 Å². The summed E-state index contributed by atoms with van der Waals surface area (Å²) in [6.45, 7) is -0.172. The van der Waals surface area contributed by atoms with Gasteiger partial charge in [0, 0.05) is 12.3 Å². The third-order valence-corrected chi connectivity index (χ3v) is 2.83. The van der Waals surface area contributed by atoms with Crippen molar-refractivity contribution in [2.45, 2.75) is 0 Å². The molecule has 0 unspecified atom stereocenters. The summed E-state index contributed by atoms with van der Waals surface area (Å²) in [6.07, 6.45) is 2.90. The Hall–Kier alpha value is -3.49. The number of carbonyl (C=O) groups excluding carboxylic acids is 1. The number of carbonyl (C=O) groups is 1. The minimum atomic E-state index is -0.543. The van der Waals surface area contributed by atoms with Gasteiger partial charge >= 0.3 is 11.7 Å². The number of nitro groups is 1. The van der Waals surface area contributed by atoms with Crippen molar-refractivity contribution in [1.82, 2.24) is 4.98 Å². The first-order valence-electron chi connectivity index (χ1n) is 6.78. The molecule has 0 saturated carbocycles. The minimum Gasteiger partial charge on any atom is -0.482 e. The maximum Gasteiger partial charge on any atom is 0.343 e. The predicted octanol–water partition coefficient (Wildman–Crippen LogP) is 1.99. The van der Waals surface area contributed by atoms with Gasteiger partial charge in [-0.3, -0.25) is 15.5 Å². The smallest absolute Gasteiger partial charge is 0.343 e. The monoisotopic (exact) mass is 330 g/mol. The van der Waals surface area contributed by atoms with Crippen LogP contribution in [-0.2, 0) is 9.53 Å². The van der Waals surface area contributed by atoms with E-state index in [0.29, 0.717) is 5.75 Å². The van der Waals surface area contributed by atoms with Gasteiger partial charge in [0.05, 0.1) is 18.2 Å². The molecule has 9 heteroatoms. The van der Waals surface area contributed by atoms with Crippen LogP contribution in [0.25, 0.3) is 0 Å². The highest BCUT2D eigenvalue weighted by Crippen LogP contribution is 2.20. The SMILES string of the molecule is COC(=O)COc1ccc(/C=N\Nc2ncccc2[N+](=O)[O-])cc1. The van der Waals surface area contributed by atoms with Gasteiger partial charge in [0.15, 0.2) is 6.61 Å². The highest BCUT2D eigenvalue weighted by atomic mass is 16.6. The van der Waals surface area contributed by atoms with Gasteiger partial charge < -0.3 is 9.47 Å². The van der Waals surface area contributed by atoms with Gasteiger partial charge in [0.2, 0.25) is 5.82 Å². The Morgan fingerprint density at radius 1 is 1.38 bits per heavy atom. The van der Waals surface area contributed by atoms with Gasteiger partial charge in [0.25, 0.3) is 0 Å². The highest BCUT2D eigenvalue weighted by Gasteiger charge is 2.12. The van der Waals surface area contributed by atoms with E-state index in [1.165, 1.54) is 31.7 Å². The molecule has 0 aliphatic heterocycles. The Kier molecular flexibility index (Phi) is 5.78. The molecule has 0 spiro atoms. The van der Waals surface area contributed by atoms with Crippen LogP contribution in [0.1, 0.15) is 5.56 Å². The van der Waals surface area contributed by atoms with Crippen LogP contribution in [0, 0.1) is 10.1 Å². The average molecular weight is 330 g/mol. The van der Waals surface area contributed by atoms with E-state index in [2.05, 4.69) is 20.2 Å². The second-order valence-corrected chi connectivity index (χ2v) is 4.43. The van der Waals surface area contributed by atoms with Gasteiger partial charge in [-0.25, -0.2) is 9.78 Å². The normalized spacial score (nSPS) is 10.4. The highest BCUT2D eigenvalue weighted by molar-refractivity contribution is 5.80. The zero-order chi connectivity index (χ0) is 17.4. The second-order valence-electron chi connectivity index (χ2n) is 4.43. The van der Waals surface area contributed by atoms with Crippen molar-refractivity contribution in [2.24, 2.45) is 5.10 Å². The fourth-order valence-corrected chi connectivity index (χ4v) is 1.65. The Bertz CT molecular complexity index is 746. The molecule has 24 heavy (non-hydrogen) atoms. The van der Waals surface area contributed by atoms with Gasteiger partial charge in [-0.1, -0.05) is 0 Å². The topological polar surface area (TPSA) is 116 Å². The van der Waals surface area contributed by atoms with Crippen molar-refractivity contribution >= 4 is 23.7 Å². The van der Waals surface area contributed by atoms with Crippen LogP contribution in [0.5, 0.6) is 5.75 Å². The van der Waals surface area contributed by atoms with E-state index < -0.39 is 10.9 Å². The van der Waals surface area contributed by atoms with Crippen molar-refractivity contribution in [3.8, 4) is 5.75 Å². The van der Waals surface area contributed by atoms with E-state index in [4.69, 9.17) is 4.74 Å². The fourth-order valence-electron chi connectivity index (χ4n) is 1.65. The van der Waals surface area contributed by atoms with E-state index in [0.717, 1.165) is 5.56 Å². The molecule has 9 nitrogen and oxygen atoms in total. The van der Waals surface area contributed by atoms with Crippen LogP contribution in [0.3, 0.4) is 0 Å². The predicted molar refractivity (Wildman–Crippen MR) is 86.1 cm³/mol. The van der Waals surface area contributed by atoms with Crippen LogP contribution < -0.4 is 10.2 Å². The summed E-state index contributed by atoms with van der Waals surface area (Å²) in [7, 11) is 1.28. The lowest BCUT2D eigenvalue weighted by atomic mass is 10.2. The molecule has 124 valence electrons. The first-order valence-corrected chi connectivity index (χ1v) is 6.78. The number of aromatic nitrogens is 1. The van der Waals surface area contributed by atoms with Crippen LogP contribution in [-0.4, -0.2) is 35.8 Å². The van der Waals surface area contributed by atoms with Crippen molar-refractivity contribution in [1.29, 1.82) is 0 Å². The van der Waals surface area contributed by atoms with Crippen molar-refractivity contribution in [2.75, 3.05) is 19.1 Å². The molecule has 0 radical (unpaired) electrons. The van der Waals surface area contributed by atoms with Crippen LogP contribution >= 0.6 is 0 Å². The van der Waals surface area contributed by atoms with Crippen LogP contribution in [0.4, 0.5) is 11.5 Å². The lowest BCUT2D eigenvalue weighted by Gasteiger charge is -2.04. The van der Waals surface area contributed by atoms with Gasteiger partial charge in [0.1, 0.15) is 5.75 Å². The second kappa shape index (κ2) is 8.22. The van der Waals surface area contributed by atoms with Crippen LogP contribution in [0.2, 0.25) is 0 Å². The number of esters is 1. The third-order valence-electron chi connectivity index (χ3n) is 2.83. The summed E-state index contributed by atoms with van der Waals surface area (Å²) in [4.78, 5) is 25.1. The maximum atomic E-state index is 11.0. The van der Waals surface area contributed by atoms with Gasteiger partial charge in [-0.15, -0.1) is 0 Å². The number of nitrogens with one attached hydrogen (secondary N) is 1. The zero-order valence-corrected chi connectivity index (χ0v) is 12.7. The van der Waals surface area contributed by atoms with E-state index in [1.807, 2.05) is 0 Å². The van der Waals surface area contributed by atoms with Crippen molar-refractivity contribution in [3.63, 3.8) is 0 Å². The molecule has 2 aromatic rings. The molecule has 0 aliphatic carbocycles. The summed E-state index contributed by atoms with van der Waals surface area (Å²) in [5, 5.41) is 14.8. The molecule has 0 bridgehead atoms. The molecule has 0 aliphatic rings. The summed E-state index contributed by atoms with van der Waals surface area (Å²) >= 11 is 0. The summed E-state index contributed by atoms with van der Waals surface area (Å²) < 4.78 is 9.68. The first-order chi connectivity index (χ1) is 11.6. The lowest BCUT2D eigenvalue weighted by molar-refractivity contribution is -0.384. The Balaban J connectivity index is 1.95. The van der Waals surface area contributed by atoms with E-state index in [9.17, 15) is 14.9 Å². The molecule has 0 atom stereocenters. The lowest BCUT2D eigenvalue weighted by Crippen LogP contribution is -2.12. The number of anilines is 1. The first kappa shape index (κ1) is 16.9. The Morgan fingerprint density at radius 2 is 2.12 bits per heavy atom. The van der Waals surface area contributed by atoms with Crippen LogP contribution in [0.15, 0.2) is 47.7 Å². The number of ether oxygens (including phenoxy) is 2. The number of hydrazone groups is 1. The molecule has 2 rings (SSSR count). The number of methoxy groups -OCH3 is 1. The standard InChI is InChI=1S/C15H14N4O5/c1-23-14(20)10-24-12-6-4-11(5-7-12)9-17-18-15-13(19(21)22)3-2-8-16-15/h2-9H,10H2,1H3,(H,16,18)/b17-9-. The van der Waals surface area contributed by atoms with Gasteiger partial charge in [-0.2, -0.15) is 5.10 Å². The maximum absolute atomic E-state index is 11.0. The average Bonchev–Trinajstić information content (AvgIpc) is 2.61. The number of nitrogens with zero attached hydrogens (tertiary/aromatic N) is 3. The molecule has 0 fully saturated rings. The molecular weight excluding hydrogens is 316 g/mol. The molecular formula is C15H14N4O5. The van der Waals surface area contributed by atoms with E-state index in [1.54, 1.807) is 24.3 Å². The summed E-state index contributed by atoms with van der Waals surface area (Å²) in [6, 6.07) is 9.55. The van der Waals surface area contributed by atoms with Gasteiger partial charge in [-0.05, 0) is 35.9 Å². The molecule has 0 saturated heterocycles. The third kappa shape index (κ3) is 4.77. The van der Waals surface area contributed by atoms with Crippen molar-refractivity contribution in [3.05, 3.63) is 58.3 Å². The Morgan fingerprint density at radius 3 is 2.79 bits per heavy atom. The zero-order valence-electron chi connectivity index (χ0n) is 12.7. The van der Waals surface area contributed by atoms with E-state index >= 15 is 0 Å². The molecule has 1 aromatic carbocycles. The fraction of sp³-hybridized carbons (Fsp3) is 0.133. The summed E-state index contributed by atoms with van der Waals surface area (Å²) in [5.41, 5.74) is 3.09.